The van der Waals surface area contributed by atoms with Crippen LogP contribution < -0.4 is 10.2 Å². The fourth-order valence-corrected chi connectivity index (χ4v) is 4.10. The van der Waals surface area contributed by atoms with E-state index in [-0.39, 0.29) is 23.8 Å². The summed E-state index contributed by atoms with van der Waals surface area (Å²) in [7, 11) is 0. The van der Waals surface area contributed by atoms with Crippen molar-refractivity contribution in [2.45, 2.75) is 46.0 Å². The molecule has 0 radical (unpaired) electrons. The minimum Gasteiger partial charge on any atom is -0.309 e. The predicted molar refractivity (Wildman–Crippen MR) is 123 cm³/mol. The molecular weight excluding hydrogens is 388 g/mol. The number of aryl methyl sites for hydroxylation is 1. The van der Waals surface area contributed by atoms with Gasteiger partial charge in [0.2, 0.25) is 11.8 Å². The van der Waals surface area contributed by atoms with Crippen molar-refractivity contribution in [2.75, 3.05) is 16.8 Å². The van der Waals surface area contributed by atoms with Gasteiger partial charge in [-0.15, -0.1) is 0 Å². The van der Waals surface area contributed by atoms with Crippen LogP contribution in [0.2, 0.25) is 0 Å². The van der Waals surface area contributed by atoms with Crippen LogP contribution in [0.25, 0.3) is 5.69 Å². The van der Waals surface area contributed by atoms with E-state index in [1.165, 1.54) is 0 Å². The molecule has 4 rings (SSSR count). The Bertz CT molecular complexity index is 1130. The average molecular weight is 417 g/mol. The SMILES string of the molecule is Cc1c(C(C)(C)C)nn(-c2ccccc2)c1NC(=O)CN1C(=O)CCc2ccccc21. The number of anilines is 2. The number of aromatic nitrogens is 2. The van der Waals surface area contributed by atoms with Crippen LogP contribution in [0.1, 0.15) is 44.0 Å². The second-order valence-corrected chi connectivity index (χ2v) is 8.98. The highest BCUT2D eigenvalue weighted by Gasteiger charge is 2.28. The fraction of sp³-hybridized carbons (Fsp3) is 0.320. The van der Waals surface area contributed by atoms with E-state index in [2.05, 4.69) is 26.1 Å². The highest BCUT2D eigenvalue weighted by atomic mass is 16.2. The van der Waals surface area contributed by atoms with Gasteiger partial charge >= 0.3 is 0 Å². The lowest BCUT2D eigenvalue weighted by Crippen LogP contribution is -2.41. The molecule has 1 aliphatic rings. The number of carbonyl (C=O) groups excluding carboxylic acids is 2. The van der Waals surface area contributed by atoms with Crippen LogP contribution in [0.4, 0.5) is 11.5 Å². The fourth-order valence-electron chi connectivity index (χ4n) is 4.10. The van der Waals surface area contributed by atoms with Gasteiger partial charge < -0.3 is 10.2 Å². The summed E-state index contributed by atoms with van der Waals surface area (Å²) in [5, 5.41) is 7.86. The molecule has 0 unspecified atom stereocenters. The van der Waals surface area contributed by atoms with Crippen molar-refractivity contribution in [3.05, 3.63) is 71.4 Å². The Morgan fingerprint density at radius 2 is 1.71 bits per heavy atom. The molecule has 1 N–H and O–H groups in total. The van der Waals surface area contributed by atoms with Gasteiger partial charge in [0.25, 0.3) is 0 Å². The molecule has 2 heterocycles. The summed E-state index contributed by atoms with van der Waals surface area (Å²) in [4.78, 5) is 27.2. The second kappa shape index (κ2) is 8.02. The van der Waals surface area contributed by atoms with Gasteiger partial charge in [0, 0.05) is 23.1 Å². The molecule has 1 aliphatic heterocycles. The molecule has 0 bridgehead atoms. The molecule has 0 atom stereocenters. The highest BCUT2D eigenvalue weighted by molar-refractivity contribution is 6.04. The van der Waals surface area contributed by atoms with Crippen molar-refractivity contribution in [3.63, 3.8) is 0 Å². The largest absolute Gasteiger partial charge is 0.309 e. The highest BCUT2D eigenvalue weighted by Crippen LogP contribution is 2.32. The summed E-state index contributed by atoms with van der Waals surface area (Å²) >= 11 is 0. The Morgan fingerprint density at radius 1 is 1.03 bits per heavy atom. The first-order chi connectivity index (χ1) is 14.8. The first-order valence-corrected chi connectivity index (χ1v) is 10.6. The number of benzene rings is 2. The Kier molecular flexibility index (Phi) is 5.39. The van der Waals surface area contributed by atoms with Crippen molar-refractivity contribution in [1.29, 1.82) is 0 Å². The van der Waals surface area contributed by atoms with Gasteiger partial charge in [0.05, 0.1) is 11.4 Å². The van der Waals surface area contributed by atoms with E-state index in [0.717, 1.165) is 28.2 Å². The maximum absolute atomic E-state index is 13.1. The quantitative estimate of drug-likeness (QED) is 0.686. The normalized spacial score (nSPS) is 13.8. The molecule has 1 aromatic heterocycles. The van der Waals surface area contributed by atoms with Gasteiger partial charge in [-0.25, -0.2) is 4.68 Å². The minimum atomic E-state index is -0.245. The van der Waals surface area contributed by atoms with Gasteiger partial charge in [-0.3, -0.25) is 9.59 Å². The summed E-state index contributed by atoms with van der Waals surface area (Å²) < 4.78 is 1.78. The summed E-state index contributed by atoms with van der Waals surface area (Å²) in [6.45, 7) is 8.26. The molecule has 160 valence electrons. The van der Waals surface area contributed by atoms with Crippen LogP contribution in [-0.2, 0) is 21.4 Å². The van der Waals surface area contributed by atoms with Crippen LogP contribution in [0.15, 0.2) is 54.6 Å². The van der Waals surface area contributed by atoms with E-state index in [9.17, 15) is 9.59 Å². The summed E-state index contributed by atoms with van der Waals surface area (Å²) in [6.07, 6.45) is 1.13. The van der Waals surface area contributed by atoms with Crippen LogP contribution in [0.5, 0.6) is 0 Å². The van der Waals surface area contributed by atoms with Crippen molar-refractivity contribution >= 4 is 23.3 Å². The van der Waals surface area contributed by atoms with Crippen LogP contribution in [0.3, 0.4) is 0 Å². The molecule has 0 aliphatic carbocycles. The van der Waals surface area contributed by atoms with Crippen molar-refractivity contribution in [1.82, 2.24) is 9.78 Å². The number of fused-ring (bicyclic) bond motifs is 1. The zero-order valence-corrected chi connectivity index (χ0v) is 18.5. The van der Waals surface area contributed by atoms with Gasteiger partial charge in [0.1, 0.15) is 12.4 Å². The molecule has 2 aromatic carbocycles. The van der Waals surface area contributed by atoms with Gasteiger partial charge in [-0.05, 0) is 37.1 Å². The lowest BCUT2D eigenvalue weighted by molar-refractivity contribution is -0.121. The number of rotatable bonds is 4. The third kappa shape index (κ3) is 4.10. The number of amides is 2. The van der Waals surface area contributed by atoms with E-state index < -0.39 is 0 Å². The molecule has 3 aromatic rings. The molecule has 0 saturated heterocycles. The zero-order valence-electron chi connectivity index (χ0n) is 18.5. The van der Waals surface area contributed by atoms with Crippen molar-refractivity contribution in [2.24, 2.45) is 0 Å². The molecule has 2 amide bonds. The van der Waals surface area contributed by atoms with E-state index in [1.54, 1.807) is 9.58 Å². The van der Waals surface area contributed by atoms with Gasteiger partial charge in [0.15, 0.2) is 0 Å². The average Bonchev–Trinajstić information content (AvgIpc) is 3.07. The van der Waals surface area contributed by atoms with Crippen molar-refractivity contribution in [3.8, 4) is 5.69 Å². The molecule has 0 saturated carbocycles. The molecule has 0 fully saturated rings. The first-order valence-electron chi connectivity index (χ1n) is 10.6. The number of hydrogen-bond donors (Lipinski definition) is 1. The lowest BCUT2D eigenvalue weighted by atomic mass is 9.90. The number of carbonyl (C=O) groups is 2. The van der Waals surface area contributed by atoms with Crippen LogP contribution in [0, 0.1) is 6.92 Å². The van der Waals surface area contributed by atoms with Crippen molar-refractivity contribution < 1.29 is 9.59 Å². The van der Waals surface area contributed by atoms with E-state index in [4.69, 9.17) is 5.10 Å². The molecule has 31 heavy (non-hydrogen) atoms. The maximum atomic E-state index is 13.1. The summed E-state index contributed by atoms with van der Waals surface area (Å²) in [6, 6.07) is 17.5. The Labute approximate surface area is 182 Å². The number of para-hydroxylation sites is 2. The summed E-state index contributed by atoms with van der Waals surface area (Å²) in [5.41, 5.74) is 4.45. The van der Waals surface area contributed by atoms with Crippen LogP contribution in [-0.4, -0.2) is 28.1 Å². The molecule has 6 heteroatoms. The Morgan fingerprint density at radius 3 is 2.42 bits per heavy atom. The summed E-state index contributed by atoms with van der Waals surface area (Å²) in [5.74, 6) is 0.363. The second-order valence-electron chi connectivity index (χ2n) is 8.98. The standard InChI is InChI=1S/C25H28N4O2/c1-17-23(25(2,3)4)27-29(19-11-6-5-7-12-19)24(17)26-21(30)16-28-20-13-9-8-10-18(20)14-15-22(28)31/h5-13H,14-16H2,1-4H3,(H,26,30). The Hall–Kier alpha value is -3.41. The molecule has 6 nitrogen and oxygen atoms in total. The van der Waals surface area contributed by atoms with Gasteiger partial charge in [-0.1, -0.05) is 57.2 Å². The smallest absolute Gasteiger partial charge is 0.245 e. The monoisotopic (exact) mass is 416 g/mol. The first kappa shape index (κ1) is 20.8. The van der Waals surface area contributed by atoms with E-state index >= 15 is 0 Å². The molecule has 0 spiro atoms. The maximum Gasteiger partial charge on any atom is 0.245 e. The topological polar surface area (TPSA) is 67.2 Å². The minimum absolute atomic E-state index is 0.0277. The third-order valence-electron chi connectivity index (χ3n) is 5.58. The van der Waals surface area contributed by atoms with E-state index in [0.29, 0.717) is 18.7 Å². The number of nitrogens with one attached hydrogen (secondary N) is 1. The lowest BCUT2D eigenvalue weighted by Gasteiger charge is -2.28. The van der Waals surface area contributed by atoms with E-state index in [1.807, 2.05) is 61.5 Å². The molecular formula is C25H28N4O2. The van der Waals surface area contributed by atoms with Gasteiger partial charge in [-0.2, -0.15) is 5.10 Å². The third-order valence-corrected chi connectivity index (χ3v) is 5.58. The number of nitrogens with zero attached hydrogens (tertiary/aromatic N) is 3. The van der Waals surface area contributed by atoms with Crippen LogP contribution >= 0.6 is 0 Å². The zero-order chi connectivity index (χ0) is 22.2. The predicted octanol–water partition coefficient (Wildman–Crippen LogP) is 4.40. The Balaban J connectivity index is 1.66. The number of hydrogen-bond acceptors (Lipinski definition) is 3.